The Kier molecular flexibility index (Phi) is 2.38. The van der Waals surface area contributed by atoms with Crippen LogP contribution in [0, 0.1) is 5.41 Å². The van der Waals surface area contributed by atoms with Crippen LogP contribution in [0.5, 0.6) is 0 Å². The Morgan fingerprint density at radius 3 is 2.33 bits per heavy atom. The van der Waals surface area contributed by atoms with Crippen molar-refractivity contribution in [2.45, 2.75) is 45.1 Å². The molecule has 1 aliphatic rings. The molecule has 0 saturated heterocycles. The topological polar surface area (TPSA) is 38.0 Å². The van der Waals surface area contributed by atoms with Crippen molar-refractivity contribution in [1.29, 1.82) is 0 Å². The number of aromatic nitrogens is 2. The first-order valence-corrected chi connectivity index (χ1v) is 5.63. The van der Waals surface area contributed by atoms with Crippen LogP contribution in [0.15, 0.2) is 12.4 Å². The van der Waals surface area contributed by atoms with Crippen LogP contribution < -0.4 is 0 Å². The fourth-order valence-corrected chi connectivity index (χ4v) is 2.29. The second-order valence-electron chi connectivity index (χ2n) is 5.60. The molecule has 0 bridgehead atoms. The van der Waals surface area contributed by atoms with Gasteiger partial charge in [0.1, 0.15) is 0 Å². The van der Waals surface area contributed by atoms with E-state index in [4.69, 9.17) is 0 Å². The molecule has 84 valence electrons. The second kappa shape index (κ2) is 3.34. The van der Waals surface area contributed by atoms with Gasteiger partial charge in [-0.1, -0.05) is 13.8 Å². The fraction of sp³-hybridized carbons (Fsp3) is 0.750. The van der Waals surface area contributed by atoms with Crippen molar-refractivity contribution >= 4 is 0 Å². The molecular weight excluding hydrogens is 188 g/mol. The third-order valence-electron chi connectivity index (χ3n) is 3.67. The van der Waals surface area contributed by atoms with E-state index < -0.39 is 5.60 Å². The van der Waals surface area contributed by atoms with Gasteiger partial charge < -0.3 is 5.11 Å². The van der Waals surface area contributed by atoms with Gasteiger partial charge in [0.15, 0.2) is 0 Å². The fourth-order valence-electron chi connectivity index (χ4n) is 2.29. The Hall–Kier alpha value is -0.830. The molecule has 1 aliphatic carbocycles. The summed E-state index contributed by atoms with van der Waals surface area (Å²) in [6, 6.07) is 0. The van der Waals surface area contributed by atoms with Crippen LogP contribution >= 0.6 is 0 Å². The van der Waals surface area contributed by atoms with Gasteiger partial charge in [-0.3, -0.25) is 4.68 Å². The first-order valence-electron chi connectivity index (χ1n) is 5.63. The van der Waals surface area contributed by atoms with Crippen molar-refractivity contribution < 1.29 is 5.11 Å². The lowest BCUT2D eigenvalue weighted by atomic mass is 9.69. The van der Waals surface area contributed by atoms with E-state index in [2.05, 4.69) is 18.9 Å². The van der Waals surface area contributed by atoms with Crippen molar-refractivity contribution in [3.63, 3.8) is 0 Å². The van der Waals surface area contributed by atoms with Gasteiger partial charge in [0.05, 0.1) is 11.8 Å². The zero-order valence-corrected chi connectivity index (χ0v) is 9.82. The summed E-state index contributed by atoms with van der Waals surface area (Å²) in [5.41, 5.74) is 0.721. The van der Waals surface area contributed by atoms with E-state index in [1.54, 1.807) is 10.9 Å². The molecule has 3 nitrogen and oxygen atoms in total. The number of nitrogens with zero attached hydrogens (tertiary/aromatic N) is 2. The molecule has 1 aromatic rings. The summed E-state index contributed by atoms with van der Waals surface area (Å²) in [5.74, 6) is 0. The summed E-state index contributed by atoms with van der Waals surface area (Å²) >= 11 is 0. The lowest BCUT2D eigenvalue weighted by Gasteiger charge is -2.39. The van der Waals surface area contributed by atoms with Crippen molar-refractivity contribution in [2.24, 2.45) is 12.5 Å². The first-order chi connectivity index (χ1) is 6.91. The summed E-state index contributed by atoms with van der Waals surface area (Å²) < 4.78 is 1.76. The molecule has 15 heavy (non-hydrogen) atoms. The van der Waals surface area contributed by atoms with Gasteiger partial charge >= 0.3 is 0 Å². The van der Waals surface area contributed by atoms with Gasteiger partial charge in [0, 0.05) is 18.8 Å². The molecule has 3 heteroatoms. The van der Waals surface area contributed by atoms with E-state index >= 15 is 0 Å². The number of aryl methyl sites for hydroxylation is 1. The molecule has 0 atom stereocenters. The SMILES string of the molecule is Cn1cc(C2(O)CCC(C)(C)CC2)cn1. The quantitative estimate of drug-likeness (QED) is 0.768. The lowest BCUT2D eigenvalue weighted by molar-refractivity contribution is -0.0306. The predicted molar refractivity (Wildman–Crippen MR) is 59.4 cm³/mol. The van der Waals surface area contributed by atoms with Crippen LogP contribution in [-0.4, -0.2) is 14.9 Å². The highest BCUT2D eigenvalue weighted by molar-refractivity contribution is 5.16. The molecule has 1 aromatic heterocycles. The summed E-state index contributed by atoms with van der Waals surface area (Å²) in [4.78, 5) is 0. The van der Waals surface area contributed by atoms with Crippen LogP contribution in [0.25, 0.3) is 0 Å². The van der Waals surface area contributed by atoms with Crippen molar-refractivity contribution in [3.8, 4) is 0 Å². The molecule has 0 radical (unpaired) electrons. The normalized spacial score (nSPS) is 24.0. The minimum Gasteiger partial charge on any atom is -0.385 e. The number of hydrogen-bond donors (Lipinski definition) is 1. The van der Waals surface area contributed by atoms with Gasteiger partial charge in [-0.05, 0) is 31.1 Å². The van der Waals surface area contributed by atoms with E-state index in [0.29, 0.717) is 5.41 Å². The lowest BCUT2D eigenvalue weighted by Crippen LogP contribution is -2.34. The van der Waals surface area contributed by atoms with Gasteiger partial charge in [0.2, 0.25) is 0 Å². The van der Waals surface area contributed by atoms with E-state index in [1.165, 1.54) is 0 Å². The van der Waals surface area contributed by atoms with Crippen molar-refractivity contribution in [2.75, 3.05) is 0 Å². The highest BCUT2D eigenvalue weighted by atomic mass is 16.3. The molecule has 0 amide bonds. The summed E-state index contributed by atoms with van der Waals surface area (Å²) in [6.07, 6.45) is 7.59. The van der Waals surface area contributed by atoms with E-state index in [1.807, 2.05) is 13.2 Å². The molecule has 1 saturated carbocycles. The standard InChI is InChI=1S/C12H20N2O/c1-11(2)4-6-12(15,7-5-11)10-8-13-14(3)9-10/h8-9,15H,4-7H2,1-3H3. The Bertz CT molecular complexity index is 344. The predicted octanol–water partition coefficient (Wildman–Crippen LogP) is 2.21. The minimum atomic E-state index is -0.635. The monoisotopic (exact) mass is 208 g/mol. The van der Waals surface area contributed by atoms with Gasteiger partial charge in [-0.15, -0.1) is 0 Å². The molecule has 1 N–H and O–H groups in total. The smallest absolute Gasteiger partial charge is 0.0927 e. The first kappa shape index (κ1) is 10.7. The van der Waals surface area contributed by atoms with Crippen LogP contribution in [-0.2, 0) is 12.6 Å². The molecule has 1 heterocycles. The number of hydrogen-bond acceptors (Lipinski definition) is 2. The van der Waals surface area contributed by atoms with Crippen LogP contribution in [0.3, 0.4) is 0 Å². The average molecular weight is 208 g/mol. The highest BCUT2D eigenvalue weighted by Crippen LogP contribution is 2.44. The maximum Gasteiger partial charge on any atom is 0.0927 e. The Labute approximate surface area is 91.1 Å². The molecule has 0 spiro atoms. The summed E-state index contributed by atoms with van der Waals surface area (Å²) in [7, 11) is 1.89. The molecule has 0 unspecified atom stereocenters. The minimum absolute atomic E-state index is 0.383. The Morgan fingerprint density at radius 1 is 1.27 bits per heavy atom. The second-order valence-corrected chi connectivity index (χ2v) is 5.60. The van der Waals surface area contributed by atoms with Crippen molar-refractivity contribution in [3.05, 3.63) is 18.0 Å². The average Bonchev–Trinajstić information content (AvgIpc) is 2.59. The molecular formula is C12H20N2O. The molecule has 2 rings (SSSR count). The van der Waals surface area contributed by atoms with Gasteiger partial charge in [-0.25, -0.2) is 0 Å². The van der Waals surface area contributed by atoms with Gasteiger partial charge in [0.25, 0.3) is 0 Å². The third-order valence-corrected chi connectivity index (χ3v) is 3.67. The van der Waals surface area contributed by atoms with E-state index in [0.717, 1.165) is 31.2 Å². The molecule has 0 aliphatic heterocycles. The molecule has 0 aromatic carbocycles. The third kappa shape index (κ3) is 2.07. The van der Waals surface area contributed by atoms with Crippen molar-refractivity contribution in [1.82, 2.24) is 9.78 Å². The van der Waals surface area contributed by atoms with Crippen LogP contribution in [0.1, 0.15) is 45.1 Å². The Morgan fingerprint density at radius 2 is 1.87 bits per heavy atom. The Balaban J connectivity index is 2.16. The highest BCUT2D eigenvalue weighted by Gasteiger charge is 2.38. The summed E-state index contributed by atoms with van der Waals surface area (Å²) in [5, 5.41) is 14.7. The van der Waals surface area contributed by atoms with E-state index in [9.17, 15) is 5.11 Å². The zero-order valence-electron chi connectivity index (χ0n) is 9.82. The number of rotatable bonds is 1. The maximum absolute atomic E-state index is 10.5. The zero-order chi connectivity index (χ0) is 11.1. The molecule has 1 fully saturated rings. The van der Waals surface area contributed by atoms with Gasteiger partial charge in [-0.2, -0.15) is 5.10 Å². The van der Waals surface area contributed by atoms with Crippen LogP contribution in [0.4, 0.5) is 0 Å². The largest absolute Gasteiger partial charge is 0.385 e. The number of aliphatic hydroxyl groups is 1. The van der Waals surface area contributed by atoms with E-state index in [-0.39, 0.29) is 0 Å². The summed E-state index contributed by atoms with van der Waals surface area (Å²) in [6.45, 7) is 4.55. The van der Waals surface area contributed by atoms with Crippen LogP contribution in [0.2, 0.25) is 0 Å². The maximum atomic E-state index is 10.5.